The molecule has 0 N–H and O–H groups in total. The minimum Gasteiger partial charge on any atom is -0.466 e. The van der Waals surface area contributed by atoms with Crippen LogP contribution in [-0.4, -0.2) is 34.9 Å². The average molecular weight is 455 g/mol. The second-order valence-corrected chi connectivity index (χ2v) is 7.07. The van der Waals surface area contributed by atoms with Crippen molar-refractivity contribution in [3.8, 4) is 16.9 Å². The van der Waals surface area contributed by atoms with E-state index in [4.69, 9.17) is 4.74 Å². The summed E-state index contributed by atoms with van der Waals surface area (Å²) in [5.41, 5.74) is 3.25. The van der Waals surface area contributed by atoms with Crippen molar-refractivity contribution in [2.75, 3.05) is 7.11 Å². The highest BCUT2D eigenvalue weighted by Gasteiger charge is 2.17. The van der Waals surface area contributed by atoms with Crippen LogP contribution in [0, 0.1) is 0 Å². The van der Waals surface area contributed by atoms with Gasteiger partial charge in [0.15, 0.2) is 6.10 Å². The lowest BCUT2D eigenvalue weighted by Gasteiger charge is -2.08. The van der Waals surface area contributed by atoms with Gasteiger partial charge in [0.1, 0.15) is 0 Å². The topological polar surface area (TPSA) is 70.4 Å². The van der Waals surface area contributed by atoms with Crippen molar-refractivity contribution in [3.05, 3.63) is 76.9 Å². The number of halogens is 1. The van der Waals surface area contributed by atoms with Crippen LogP contribution >= 0.6 is 15.9 Å². The average Bonchev–Trinajstić information content (AvgIpc) is 3.17. The van der Waals surface area contributed by atoms with Gasteiger partial charge in [0.2, 0.25) is 0 Å². The zero-order chi connectivity index (χ0) is 20.8. The van der Waals surface area contributed by atoms with Crippen LogP contribution in [0.15, 0.2) is 71.3 Å². The number of hydrogen-bond acceptors (Lipinski definition) is 5. The molecule has 1 heterocycles. The molecule has 1 unspecified atom stereocenters. The van der Waals surface area contributed by atoms with Gasteiger partial charge in [-0.3, -0.25) is 0 Å². The second-order valence-electron chi connectivity index (χ2n) is 6.16. The Morgan fingerprint density at radius 3 is 2.45 bits per heavy atom. The fourth-order valence-electron chi connectivity index (χ4n) is 2.64. The number of para-hydroxylation sites is 1. The molecule has 0 radical (unpaired) electrons. The monoisotopic (exact) mass is 454 g/mol. The largest absolute Gasteiger partial charge is 0.466 e. The highest BCUT2D eigenvalue weighted by atomic mass is 79.9. The molecule has 0 fully saturated rings. The number of benzene rings is 2. The van der Waals surface area contributed by atoms with E-state index in [1.54, 1.807) is 10.8 Å². The molecule has 3 rings (SSSR count). The van der Waals surface area contributed by atoms with Gasteiger partial charge in [0.25, 0.3) is 0 Å². The first-order chi connectivity index (χ1) is 14.0. The minimum absolute atomic E-state index is 0.612. The SMILES string of the molecule is COC(=O)C(C)OC(=O)/C=C/c1cn(-c2ccccc2)nc1-c1ccc(Br)cc1. The quantitative estimate of drug-likeness (QED) is 0.407. The normalized spacial score (nSPS) is 12.0. The molecule has 148 valence electrons. The summed E-state index contributed by atoms with van der Waals surface area (Å²) in [6, 6.07) is 17.4. The lowest BCUT2D eigenvalue weighted by atomic mass is 10.1. The summed E-state index contributed by atoms with van der Waals surface area (Å²) < 4.78 is 12.3. The van der Waals surface area contributed by atoms with Crippen LogP contribution in [0.3, 0.4) is 0 Å². The van der Waals surface area contributed by atoms with E-state index in [2.05, 4.69) is 25.8 Å². The van der Waals surface area contributed by atoms with Gasteiger partial charge in [-0.1, -0.05) is 46.3 Å². The van der Waals surface area contributed by atoms with Crippen LogP contribution in [0.25, 0.3) is 23.0 Å². The molecule has 0 bridgehead atoms. The second kappa shape index (κ2) is 9.34. The van der Waals surface area contributed by atoms with Crippen LogP contribution in [0.1, 0.15) is 12.5 Å². The number of hydrogen-bond donors (Lipinski definition) is 0. The third-order valence-corrected chi connectivity index (χ3v) is 4.63. The molecule has 0 saturated heterocycles. The molecule has 0 aliphatic heterocycles. The maximum absolute atomic E-state index is 12.1. The van der Waals surface area contributed by atoms with E-state index in [-0.39, 0.29) is 0 Å². The van der Waals surface area contributed by atoms with Gasteiger partial charge in [-0.2, -0.15) is 5.10 Å². The van der Waals surface area contributed by atoms with Crippen molar-refractivity contribution in [1.82, 2.24) is 9.78 Å². The minimum atomic E-state index is -0.977. The molecule has 7 heteroatoms. The molecule has 3 aromatic rings. The summed E-state index contributed by atoms with van der Waals surface area (Å²) in [4.78, 5) is 23.5. The Kier molecular flexibility index (Phi) is 6.61. The van der Waals surface area contributed by atoms with Gasteiger partial charge in [0.05, 0.1) is 18.5 Å². The first-order valence-electron chi connectivity index (χ1n) is 8.85. The Bertz CT molecular complexity index is 1030. The lowest BCUT2D eigenvalue weighted by Crippen LogP contribution is -2.24. The number of ether oxygens (including phenoxy) is 2. The van der Waals surface area contributed by atoms with Crippen molar-refractivity contribution in [2.24, 2.45) is 0 Å². The van der Waals surface area contributed by atoms with Gasteiger partial charge in [0, 0.05) is 27.9 Å². The predicted molar refractivity (Wildman–Crippen MR) is 113 cm³/mol. The zero-order valence-corrected chi connectivity index (χ0v) is 17.5. The molecule has 1 atom stereocenters. The van der Waals surface area contributed by atoms with Crippen LogP contribution in [0.5, 0.6) is 0 Å². The molecular weight excluding hydrogens is 436 g/mol. The molecular formula is C22H19BrN2O4. The molecule has 0 aliphatic rings. The predicted octanol–water partition coefficient (Wildman–Crippen LogP) is 4.42. The highest BCUT2D eigenvalue weighted by Crippen LogP contribution is 2.26. The summed E-state index contributed by atoms with van der Waals surface area (Å²) in [6.07, 6.45) is 3.75. The summed E-state index contributed by atoms with van der Waals surface area (Å²) in [6.45, 7) is 1.46. The van der Waals surface area contributed by atoms with Crippen molar-refractivity contribution >= 4 is 33.9 Å². The van der Waals surface area contributed by atoms with Crippen molar-refractivity contribution in [3.63, 3.8) is 0 Å². The smallest absolute Gasteiger partial charge is 0.346 e. The van der Waals surface area contributed by atoms with E-state index < -0.39 is 18.0 Å². The molecule has 29 heavy (non-hydrogen) atoms. The van der Waals surface area contributed by atoms with E-state index in [0.29, 0.717) is 5.69 Å². The molecule has 0 spiro atoms. The fraction of sp³-hybridized carbons (Fsp3) is 0.136. The summed E-state index contributed by atoms with van der Waals surface area (Å²) in [7, 11) is 1.24. The Balaban J connectivity index is 1.91. The Labute approximate surface area is 176 Å². The van der Waals surface area contributed by atoms with Crippen LogP contribution in [-0.2, 0) is 19.1 Å². The fourth-order valence-corrected chi connectivity index (χ4v) is 2.90. The first-order valence-corrected chi connectivity index (χ1v) is 9.65. The third-order valence-electron chi connectivity index (χ3n) is 4.11. The Hall–Kier alpha value is -3.19. The molecule has 6 nitrogen and oxygen atoms in total. The molecule has 0 aliphatic carbocycles. The Morgan fingerprint density at radius 1 is 1.10 bits per heavy atom. The van der Waals surface area contributed by atoms with E-state index in [0.717, 1.165) is 21.3 Å². The number of carbonyl (C=O) groups is 2. The maximum Gasteiger partial charge on any atom is 0.346 e. The number of carbonyl (C=O) groups excluding carboxylic acids is 2. The zero-order valence-electron chi connectivity index (χ0n) is 15.9. The lowest BCUT2D eigenvalue weighted by molar-refractivity contribution is -0.161. The van der Waals surface area contributed by atoms with E-state index in [1.165, 1.54) is 20.1 Å². The molecule has 0 saturated carbocycles. The number of nitrogens with zero attached hydrogens (tertiary/aromatic N) is 2. The maximum atomic E-state index is 12.1. The van der Waals surface area contributed by atoms with Crippen LogP contribution in [0.4, 0.5) is 0 Å². The van der Waals surface area contributed by atoms with E-state index in [1.807, 2.05) is 60.8 Å². The van der Waals surface area contributed by atoms with Crippen molar-refractivity contribution in [2.45, 2.75) is 13.0 Å². The number of rotatable bonds is 6. The van der Waals surface area contributed by atoms with Gasteiger partial charge in [-0.25, -0.2) is 14.3 Å². The van der Waals surface area contributed by atoms with Gasteiger partial charge < -0.3 is 9.47 Å². The van der Waals surface area contributed by atoms with Crippen molar-refractivity contribution in [1.29, 1.82) is 0 Å². The van der Waals surface area contributed by atoms with Crippen LogP contribution < -0.4 is 0 Å². The van der Waals surface area contributed by atoms with Crippen LogP contribution in [0.2, 0.25) is 0 Å². The third kappa shape index (κ3) is 5.20. The molecule has 2 aromatic carbocycles. The molecule has 1 aromatic heterocycles. The summed E-state index contributed by atoms with van der Waals surface area (Å²) in [5.74, 6) is -1.25. The van der Waals surface area contributed by atoms with Gasteiger partial charge >= 0.3 is 11.9 Å². The number of aromatic nitrogens is 2. The van der Waals surface area contributed by atoms with E-state index in [9.17, 15) is 9.59 Å². The number of esters is 2. The highest BCUT2D eigenvalue weighted by molar-refractivity contribution is 9.10. The first kappa shape index (κ1) is 20.5. The number of methoxy groups -OCH3 is 1. The van der Waals surface area contributed by atoms with E-state index >= 15 is 0 Å². The summed E-state index contributed by atoms with van der Waals surface area (Å²) in [5, 5.41) is 4.68. The standard InChI is InChI=1S/C22H19BrN2O4/c1-15(22(27)28-2)29-20(26)13-10-17-14-25(19-6-4-3-5-7-19)24-21(17)16-8-11-18(23)12-9-16/h3-15H,1-2H3/b13-10+. The van der Waals surface area contributed by atoms with Gasteiger partial charge in [-0.05, 0) is 37.3 Å². The summed E-state index contributed by atoms with van der Waals surface area (Å²) >= 11 is 3.43. The Morgan fingerprint density at radius 2 is 1.79 bits per heavy atom. The van der Waals surface area contributed by atoms with Gasteiger partial charge in [-0.15, -0.1) is 0 Å². The molecule has 0 amide bonds. The van der Waals surface area contributed by atoms with Crippen molar-refractivity contribution < 1.29 is 19.1 Å².